The molecule has 2 aromatic carbocycles. The number of carbonyl (C=O) groups excluding carboxylic acids is 1. The molecule has 0 radical (unpaired) electrons. The lowest BCUT2D eigenvalue weighted by Crippen LogP contribution is -2.33. The van der Waals surface area contributed by atoms with Crippen molar-refractivity contribution in [1.29, 1.82) is 0 Å². The van der Waals surface area contributed by atoms with Crippen molar-refractivity contribution < 1.29 is 4.79 Å². The highest BCUT2D eigenvalue weighted by molar-refractivity contribution is 6.12. The van der Waals surface area contributed by atoms with Gasteiger partial charge in [-0.25, -0.2) is 0 Å². The van der Waals surface area contributed by atoms with E-state index in [2.05, 4.69) is 50.3 Å². The third-order valence-electron chi connectivity index (χ3n) is 7.77. The molecule has 7 rings (SSSR count). The molecule has 0 heterocycles. The second-order valence-electron chi connectivity index (χ2n) is 9.24. The minimum Gasteiger partial charge on any atom is -0.298 e. The Bertz CT molecular complexity index is 1200. The molecule has 1 heteroatoms. The highest BCUT2D eigenvalue weighted by atomic mass is 16.1. The van der Waals surface area contributed by atoms with Crippen LogP contribution in [0.5, 0.6) is 0 Å². The molecule has 0 aromatic heterocycles. The topological polar surface area (TPSA) is 17.1 Å². The number of ketones is 1. The smallest absolute Gasteiger partial charge is 0.156 e. The number of hydrogen-bond acceptors (Lipinski definition) is 1. The number of allylic oxidation sites excluding steroid dienone is 8. The first-order valence-corrected chi connectivity index (χ1v) is 10.5. The summed E-state index contributed by atoms with van der Waals surface area (Å²) >= 11 is 0. The van der Waals surface area contributed by atoms with Crippen molar-refractivity contribution in [3.8, 4) is 0 Å². The summed E-state index contributed by atoms with van der Waals surface area (Å²) in [4.78, 5) is 14.1. The third-order valence-corrected chi connectivity index (χ3v) is 7.77. The van der Waals surface area contributed by atoms with Crippen LogP contribution in [0.4, 0.5) is 0 Å². The van der Waals surface area contributed by atoms with Crippen molar-refractivity contribution in [3.63, 3.8) is 0 Å². The summed E-state index contributed by atoms with van der Waals surface area (Å²) in [5.74, 6) is 0.295. The van der Waals surface area contributed by atoms with Crippen molar-refractivity contribution >= 4 is 16.6 Å². The van der Waals surface area contributed by atoms with Gasteiger partial charge in [0.1, 0.15) is 0 Å². The summed E-state index contributed by atoms with van der Waals surface area (Å²) in [6.07, 6.45) is 13.1. The molecule has 2 atom stereocenters. The maximum absolute atomic E-state index is 14.1. The van der Waals surface area contributed by atoms with E-state index in [1.807, 2.05) is 0 Å². The zero-order valence-electron chi connectivity index (χ0n) is 16.4. The summed E-state index contributed by atoms with van der Waals surface area (Å²) < 4.78 is 0. The summed E-state index contributed by atoms with van der Waals surface area (Å²) in [7, 11) is 0. The quantitative estimate of drug-likeness (QED) is 0.576. The molecular formula is C27H22O. The minimum absolute atomic E-state index is 0.0615. The van der Waals surface area contributed by atoms with Gasteiger partial charge in [-0.3, -0.25) is 4.79 Å². The predicted octanol–water partition coefficient (Wildman–Crippen LogP) is 5.83. The Hall–Kier alpha value is -2.67. The first-order chi connectivity index (χ1) is 13.6. The Balaban J connectivity index is 1.69. The van der Waals surface area contributed by atoms with Gasteiger partial charge in [-0.15, -0.1) is 0 Å². The van der Waals surface area contributed by atoms with Crippen LogP contribution in [0.25, 0.3) is 10.8 Å². The van der Waals surface area contributed by atoms with Crippen molar-refractivity contribution in [2.75, 3.05) is 0 Å². The van der Waals surface area contributed by atoms with E-state index in [9.17, 15) is 4.79 Å². The maximum atomic E-state index is 14.1. The number of aryl methyl sites for hydroxylation is 2. The number of fused-ring (bicyclic) bond motifs is 2. The average molecular weight is 362 g/mol. The highest BCUT2D eigenvalue weighted by Crippen LogP contribution is 2.56. The van der Waals surface area contributed by atoms with Crippen molar-refractivity contribution in [2.45, 2.75) is 51.4 Å². The molecule has 2 unspecified atom stereocenters. The van der Waals surface area contributed by atoms with E-state index < -0.39 is 0 Å². The van der Waals surface area contributed by atoms with Crippen molar-refractivity contribution in [1.82, 2.24) is 0 Å². The molecule has 0 saturated heterocycles. The standard InChI is InChI=1S/C27H22O/c1-13-9-17-11-15-5-3-7-19(15)24-22(17)26-21(13)14(2)10-18-12-16-6-4-8-20(16)25(23(18)26)27(24)28/h3-4,7-10,24-25H,5-6,11-12H2,1-2H3. The Morgan fingerprint density at radius 2 is 1.25 bits per heavy atom. The molecule has 28 heavy (non-hydrogen) atoms. The van der Waals surface area contributed by atoms with Crippen LogP contribution in [0.1, 0.15) is 58.1 Å². The highest BCUT2D eigenvalue weighted by Gasteiger charge is 2.46. The van der Waals surface area contributed by atoms with Crippen LogP contribution in [0.2, 0.25) is 0 Å². The summed E-state index contributed by atoms with van der Waals surface area (Å²) in [5.41, 5.74) is 13.8. The molecule has 0 N–H and O–H groups in total. The van der Waals surface area contributed by atoms with Crippen LogP contribution < -0.4 is 0 Å². The average Bonchev–Trinajstić information content (AvgIpc) is 3.31. The largest absolute Gasteiger partial charge is 0.298 e. The second-order valence-corrected chi connectivity index (χ2v) is 9.24. The Morgan fingerprint density at radius 3 is 1.75 bits per heavy atom. The van der Waals surface area contributed by atoms with E-state index in [1.54, 1.807) is 0 Å². The Kier molecular flexibility index (Phi) is 2.64. The molecule has 0 fully saturated rings. The number of hydrogen-bond donors (Lipinski definition) is 0. The molecule has 136 valence electrons. The normalized spacial score (nSPS) is 25.9. The Labute approximate surface area is 165 Å². The van der Waals surface area contributed by atoms with E-state index >= 15 is 0 Å². The van der Waals surface area contributed by atoms with E-state index in [1.165, 1.54) is 66.4 Å². The maximum Gasteiger partial charge on any atom is 0.156 e. The number of rotatable bonds is 0. The SMILES string of the molecule is Cc1cc2c3c4c5c(cc(C)c14)CC1=C(C=CC1)C5C(=O)C3C1=C(CC=C1)C2. The van der Waals surface area contributed by atoms with Crippen LogP contribution in [-0.2, 0) is 17.6 Å². The lowest BCUT2D eigenvalue weighted by atomic mass is 9.61. The molecule has 0 amide bonds. The van der Waals surface area contributed by atoms with E-state index in [0.29, 0.717) is 5.78 Å². The third kappa shape index (κ3) is 1.60. The second kappa shape index (κ2) is 4.84. The number of benzene rings is 2. The van der Waals surface area contributed by atoms with Gasteiger partial charge >= 0.3 is 0 Å². The number of Topliss-reactive ketones (excluding diaryl/α,β-unsaturated/α-hetero) is 1. The molecule has 0 spiro atoms. The molecular weight excluding hydrogens is 340 g/mol. The minimum atomic E-state index is -0.0615. The van der Waals surface area contributed by atoms with Crippen LogP contribution in [-0.4, -0.2) is 5.78 Å². The van der Waals surface area contributed by atoms with Gasteiger partial charge in [-0.2, -0.15) is 0 Å². The fourth-order valence-corrected chi connectivity index (χ4v) is 6.82. The van der Waals surface area contributed by atoms with Gasteiger partial charge in [-0.05, 0) is 94.8 Å². The Morgan fingerprint density at radius 1 is 0.750 bits per heavy atom. The van der Waals surface area contributed by atoms with Gasteiger partial charge in [0.2, 0.25) is 0 Å². The van der Waals surface area contributed by atoms with Crippen LogP contribution in [0.3, 0.4) is 0 Å². The predicted molar refractivity (Wildman–Crippen MR) is 113 cm³/mol. The van der Waals surface area contributed by atoms with Crippen molar-refractivity contribution in [3.05, 3.63) is 92.1 Å². The lowest BCUT2D eigenvalue weighted by Gasteiger charge is -2.40. The van der Waals surface area contributed by atoms with E-state index in [0.717, 1.165) is 25.7 Å². The van der Waals surface area contributed by atoms with Crippen molar-refractivity contribution in [2.24, 2.45) is 0 Å². The first kappa shape index (κ1) is 15.3. The zero-order valence-corrected chi connectivity index (χ0v) is 16.4. The fourth-order valence-electron chi connectivity index (χ4n) is 6.82. The lowest BCUT2D eigenvalue weighted by molar-refractivity contribution is -0.120. The summed E-state index contributed by atoms with van der Waals surface area (Å²) in [6.45, 7) is 4.52. The molecule has 1 nitrogen and oxygen atoms in total. The van der Waals surface area contributed by atoms with Crippen LogP contribution in [0.15, 0.2) is 58.7 Å². The van der Waals surface area contributed by atoms with Crippen LogP contribution >= 0.6 is 0 Å². The molecule has 5 aliphatic rings. The van der Waals surface area contributed by atoms with Crippen LogP contribution in [0, 0.1) is 13.8 Å². The molecule has 0 bridgehead atoms. The monoisotopic (exact) mass is 362 g/mol. The zero-order chi connectivity index (χ0) is 18.7. The molecule has 5 aliphatic carbocycles. The molecule has 2 aromatic rings. The number of carbonyl (C=O) groups is 1. The van der Waals surface area contributed by atoms with Gasteiger partial charge in [0.15, 0.2) is 5.78 Å². The van der Waals surface area contributed by atoms with Gasteiger partial charge < -0.3 is 0 Å². The van der Waals surface area contributed by atoms with Gasteiger partial charge in [0.05, 0.1) is 11.8 Å². The van der Waals surface area contributed by atoms with E-state index in [-0.39, 0.29) is 11.8 Å². The molecule has 0 saturated carbocycles. The summed E-state index contributed by atoms with van der Waals surface area (Å²) in [5, 5.41) is 2.83. The van der Waals surface area contributed by atoms with Gasteiger partial charge in [-0.1, -0.05) is 47.6 Å². The fraction of sp³-hybridized carbons (Fsp3) is 0.296. The van der Waals surface area contributed by atoms with E-state index in [4.69, 9.17) is 0 Å². The first-order valence-electron chi connectivity index (χ1n) is 10.5. The van der Waals surface area contributed by atoms with Gasteiger partial charge in [0.25, 0.3) is 0 Å². The van der Waals surface area contributed by atoms with Gasteiger partial charge in [0, 0.05) is 0 Å². The summed E-state index contributed by atoms with van der Waals surface area (Å²) in [6, 6.07) is 4.76. The molecule has 0 aliphatic heterocycles.